The van der Waals surface area contributed by atoms with E-state index in [0.29, 0.717) is 31.7 Å². The highest BCUT2D eigenvalue weighted by molar-refractivity contribution is 4.92. The molecule has 0 aliphatic heterocycles. The van der Waals surface area contributed by atoms with Crippen molar-refractivity contribution in [3.05, 3.63) is 0 Å². The molecule has 1 unspecified atom stereocenters. The summed E-state index contributed by atoms with van der Waals surface area (Å²) in [6.07, 6.45) is 4.95. The molecule has 3 nitrogen and oxygen atoms in total. The summed E-state index contributed by atoms with van der Waals surface area (Å²) in [5.74, 6) is 1.26. The molecular formula is C14H28O3. The summed E-state index contributed by atoms with van der Waals surface area (Å²) in [4.78, 5) is 0. The van der Waals surface area contributed by atoms with Crippen molar-refractivity contribution >= 4 is 0 Å². The lowest BCUT2D eigenvalue weighted by molar-refractivity contribution is -0.106. The second kappa shape index (κ2) is 7.34. The normalized spacial score (nSPS) is 21.0. The molecule has 1 atom stereocenters. The highest BCUT2D eigenvalue weighted by atomic mass is 16.5. The van der Waals surface area contributed by atoms with Gasteiger partial charge in [0.25, 0.3) is 0 Å². The van der Waals surface area contributed by atoms with Gasteiger partial charge in [-0.1, -0.05) is 33.6 Å². The van der Waals surface area contributed by atoms with Gasteiger partial charge in [0.15, 0.2) is 0 Å². The molecule has 3 heteroatoms. The van der Waals surface area contributed by atoms with Crippen molar-refractivity contribution in [1.29, 1.82) is 0 Å². The number of hydrogen-bond donors (Lipinski definition) is 1. The van der Waals surface area contributed by atoms with Gasteiger partial charge in [-0.25, -0.2) is 0 Å². The van der Waals surface area contributed by atoms with Gasteiger partial charge >= 0.3 is 0 Å². The van der Waals surface area contributed by atoms with Gasteiger partial charge in [0, 0.05) is 0 Å². The number of rotatable bonds is 8. The lowest BCUT2D eigenvalue weighted by atomic mass is 9.79. The Morgan fingerprint density at radius 1 is 1.06 bits per heavy atom. The van der Waals surface area contributed by atoms with E-state index in [4.69, 9.17) is 14.6 Å². The molecule has 0 saturated heterocycles. The second-order valence-electron chi connectivity index (χ2n) is 5.49. The molecule has 102 valence electrons. The molecule has 0 amide bonds. The number of ether oxygens (including phenoxy) is 2. The van der Waals surface area contributed by atoms with Crippen LogP contribution in [0.1, 0.15) is 46.5 Å². The van der Waals surface area contributed by atoms with Gasteiger partial charge in [0.05, 0.1) is 32.0 Å². The molecule has 1 aliphatic rings. The maximum Gasteiger partial charge on any atom is 0.0711 e. The van der Waals surface area contributed by atoms with Crippen LogP contribution in [0.4, 0.5) is 0 Å². The van der Waals surface area contributed by atoms with Crippen molar-refractivity contribution in [3.8, 4) is 0 Å². The lowest BCUT2D eigenvalue weighted by Gasteiger charge is -2.38. The monoisotopic (exact) mass is 244 g/mol. The van der Waals surface area contributed by atoms with Crippen LogP contribution in [0.15, 0.2) is 0 Å². The molecule has 0 aromatic rings. The van der Waals surface area contributed by atoms with E-state index in [1.165, 1.54) is 25.7 Å². The number of aliphatic hydroxyl groups excluding tert-OH is 1. The zero-order chi connectivity index (χ0) is 12.7. The molecule has 1 aliphatic carbocycles. The van der Waals surface area contributed by atoms with Gasteiger partial charge in [-0.15, -0.1) is 0 Å². The predicted molar refractivity (Wildman–Crippen MR) is 69.1 cm³/mol. The zero-order valence-electron chi connectivity index (χ0n) is 11.6. The van der Waals surface area contributed by atoms with Gasteiger partial charge in [-0.2, -0.15) is 0 Å². The minimum Gasteiger partial charge on any atom is -0.394 e. The molecule has 1 fully saturated rings. The third-order valence-corrected chi connectivity index (χ3v) is 4.13. The molecular weight excluding hydrogens is 216 g/mol. The Kier molecular flexibility index (Phi) is 6.45. The fourth-order valence-corrected chi connectivity index (χ4v) is 2.78. The zero-order valence-corrected chi connectivity index (χ0v) is 11.6. The van der Waals surface area contributed by atoms with Gasteiger partial charge < -0.3 is 14.6 Å². The first kappa shape index (κ1) is 14.9. The van der Waals surface area contributed by atoms with E-state index in [-0.39, 0.29) is 12.2 Å². The summed E-state index contributed by atoms with van der Waals surface area (Å²) >= 11 is 0. The third-order valence-electron chi connectivity index (χ3n) is 4.13. The van der Waals surface area contributed by atoms with E-state index in [2.05, 4.69) is 20.8 Å². The highest BCUT2D eigenvalue weighted by Crippen LogP contribution is 2.42. The number of aliphatic hydroxyl groups is 1. The van der Waals surface area contributed by atoms with Crippen LogP contribution in [0, 0.1) is 11.8 Å². The molecule has 0 radical (unpaired) electrons. The van der Waals surface area contributed by atoms with Gasteiger partial charge in [-0.05, 0) is 24.7 Å². The first-order valence-corrected chi connectivity index (χ1v) is 6.95. The van der Waals surface area contributed by atoms with Crippen LogP contribution in [0.2, 0.25) is 0 Å². The van der Waals surface area contributed by atoms with Gasteiger partial charge in [-0.3, -0.25) is 0 Å². The van der Waals surface area contributed by atoms with E-state index in [1.807, 2.05) is 0 Å². The van der Waals surface area contributed by atoms with Crippen LogP contribution in [0.3, 0.4) is 0 Å². The fraction of sp³-hybridized carbons (Fsp3) is 1.00. The average molecular weight is 244 g/mol. The van der Waals surface area contributed by atoms with Crippen molar-refractivity contribution in [3.63, 3.8) is 0 Å². The maximum absolute atomic E-state index is 8.62. The average Bonchev–Trinajstić information content (AvgIpc) is 2.77. The predicted octanol–water partition coefficient (Wildman–Crippen LogP) is 2.62. The van der Waals surface area contributed by atoms with E-state index < -0.39 is 0 Å². The van der Waals surface area contributed by atoms with Crippen LogP contribution in [-0.2, 0) is 9.47 Å². The Bertz CT molecular complexity index is 198. The fourth-order valence-electron chi connectivity index (χ4n) is 2.78. The Balaban J connectivity index is 2.37. The maximum atomic E-state index is 8.62. The Morgan fingerprint density at radius 2 is 1.71 bits per heavy atom. The van der Waals surface area contributed by atoms with Gasteiger partial charge in [0.2, 0.25) is 0 Å². The first-order chi connectivity index (χ1) is 8.12. The summed E-state index contributed by atoms with van der Waals surface area (Å²) in [5, 5.41) is 8.62. The molecule has 0 bridgehead atoms. The van der Waals surface area contributed by atoms with Crippen LogP contribution in [0.25, 0.3) is 0 Å². The minimum atomic E-state index is 0.0801. The summed E-state index contributed by atoms with van der Waals surface area (Å²) in [7, 11) is 0. The largest absolute Gasteiger partial charge is 0.394 e. The van der Waals surface area contributed by atoms with E-state index >= 15 is 0 Å². The molecule has 1 saturated carbocycles. The first-order valence-electron chi connectivity index (χ1n) is 6.95. The third kappa shape index (κ3) is 4.23. The second-order valence-corrected chi connectivity index (χ2v) is 5.49. The molecule has 17 heavy (non-hydrogen) atoms. The Labute approximate surface area is 105 Å². The van der Waals surface area contributed by atoms with E-state index in [1.54, 1.807) is 0 Å². The van der Waals surface area contributed by atoms with E-state index in [9.17, 15) is 0 Å². The number of hydrogen-bond acceptors (Lipinski definition) is 3. The smallest absolute Gasteiger partial charge is 0.0711 e. The van der Waals surface area contributed by atoms with Crippen LogP contribution in [-0.4, -0.2) is 37.1 Å². The van der Waals surface area contributed by atoms with Crippen molar-refractivity contribution in [1.82, 2.24) is 0 Å². The standard InChI is InChI=1S/C14H28O3/c1-12(2)13(3)14(6-4-5-7-14)17-11-10-16-9-8-15/h12-13,15H,4-11H2,1-3H3. The summed E-state index contributed by atoms with van der Waals surface area (Å²) < 4.78 is 11.4. The Morgan fingerprint density at radius 3 is 2.24 bits per heavy atom. The molecule has 0 aromatic heterocycles. The minimum absolute atomic E-state index is 0.0801. The summed E-state index contributed by atoms with van der Waals surface area (Å²) in [5.41, 5.74) is 0.0801. The van der Waals surface area contributed by atoms with Crippen LogP contribution in [0.5, 0.6) is 0 Å². The van der Waals surface area contributed by atoms with Crippen molar-refractivity contribution in [2.75, 3.05) is 26.4 Å². The highest BCUT2D eigenvalue weighted by Gasteiger charge is 2.41. The van der Waals surface area contributed by atoms with Crippen molar-refractivity contribution in [2.24, 2.45) is 11.8 Å². The Hall–Kier alpha value is -0.120. The molecule has 0 heterocycles. The molecule has 0 spiro atoms. The molecule has 1 N–H and O–H groups in total. The topological polar surface area (TPSA) is 38.7 Å². The van der Waals surface area contributed by atoms with Crippen LogP contribution >= 0.6 is 0 Å². The lowest BCUT2D eigenvalue weighted by Crippen LogP contribution is -2.40. The molecule has 1 rings (SSSR count). The van der Waals surface area contributed by atoms with Crippen LogP contribution < -0.4 is 0 Å². The SMILES string of the molecule is CC(C)C(C)C1(OCCOCCO)CCCC1. The summed E-state index contributed by atoms with van der Waals surface area (Å²) in [6.45, 7) is 8.60. The van der Waals surface area contributed by atoms with Crippen molar-refractivity contribution in [2.45, 2.75) is 52.1 Å². The quantitative estimate of drug-likeness (QED) is 0.667. The van der Waals surface area contributed by atoms with E-state index in [0.717, 1.165) is 0 Å². The van der Waals surface area contributed by atoms with Gasteiger partial charge in [0.1, 0.15) is 0 Å². The molecule has 0 aromatic carbocycles. The summed E-state index contributed by atoms with van der Waals surface area (Å²) in [6, 6.07) is 0. The van der Waals surface area contributed by atoms with Crippen molar-refractivity contribution < 1.29 is 14.6 Å².